The average molecular weight is 510 g/mol. The number of likely N-dealkylation sites (tertiary alicyclic amines) is 1. The Balaban J connectivity index is 1.34. The number of para-hydroxylation sites is 1. The number of amides is 3. The molecule has 4 rings (SSSR count). The lowest BCUT2D eigenvalue weighted by Gasteiger charge is -2.28. The summed E-state index contributed by atoms with van der Waals surface area (Å²) in [4.78, 5) is 61.7. The van der Waals surface area contributed by atoms with E-state index in [9.17, 15) is 24.3 Å². The van der Waals surface area contributed by atoms with Crippen LogP contribution in [0.1, 0.15) is 31.0 Å². The van der Waals surface area contributed by atoms with Gasteiger partial charge in [-0.1, -0.05) is 18.2 Å². The Morgan fingerprint density at radius 1 is 1.19 bits per heavy atom. The van der Waals surface area contributed by atoms with E-state index < -0.39 is 42.0 Å². The molecule has 3 amide bonds. The number of carbonyl (C=O) groups excluding carboxylic acids is 3. The molecule has 7 N–H and O–H groups in total. The van der Waals surface area contributed by atoms with Gasteiger partial charge in [-0.25, -0.2) is 9.78 Å². The van der Waals surface area contributed by atoms with Crippen LogP contribution in [0.25, 0.3) is 10.9 Å². The number of H-pyrrole nitrogens is 2. The predicted octanol–water partition coefficient (Wildman–Crippen LogP) is 0.0686. The Morgan fingerprint density at radius 2 is 1.97 bits per heavy atom. The number of nitrogens with one attached hydrogen (secondary N) is 4. The molecule has 196 valence electrons. The molecule has 0 saturated carbocycles. The lowest BCUT2D eigenvalue weighted by Crippen LogP contribution is -2.56. The number of fused-ring (bicyclic) bond motifs is 1. The Kier molecular flexibility index (Phi) is 7.87. The van der Waals surface area contributed by atoms with E-state index in [4.69, 9.17) is 5.73 Å². The van der Waals surface area contributed by atoms with Crippen molar-refractivity contribution in [1.29, 1.82) is 0 Å². The zero-order valence-corrected chi connectivity index (χ0v) is 20.4. The number of carboxylic acid groups (broad SMARTS) is 1. The van der Waals surface area contributed by atoms with Crippen LogP contribution in [0.4, 0.5) is 0 Å². The third kappa shape index (κ3) is 5.97. The summed E-state index contributed by atoms with van der Waals surface area (Å²) in [5, 5.41) is 15.5. The molecular weight excluding hydrogens is 478 g/mol. The van der Waals surface area contributed by atoms with Crippen molar-refractivity contribution < 1.29 is 24.3 Å². The number of aromatic amines is 2. The minimum absolute atomic E-state index is 0.0148. The van der Waals surface area contributed by atoms with Crippen LogP contribution < -0.4 is 16.4 Å². The summed E-state index contributed by atoms with van der Waals surface area (Å²) < 4.78 is 0. The molecule has 1 saturated heterocycles. The van der Waals surface area contributed by atoms with Gasteiger partial charge in [-0.3, -0.25) is 14.4 Å². The maximum atomic E-state index is 13.2. The van der Waals surface area contributed by atoms with Crippen molar-refractivity contribution in [2.24, 2.45) is 5.73 Å². The van der Waals surface area contributed by atoms with Crippen LogP contribution in [0, 0.1) is 0 Å². The fraction of sp³-hybridized carbons (Fsp3) is 0.400. The van der Waals surface area contributed by atoms with Crippen molar-refractivity contribution in [3.63, 3.8) is 0 Å². The van der Waals surface area contributed by atoms with Crippen molar-refractivity contribution in [3.8, 4) is 0 Å². The van der Waals surface area contributed by atoms with Crippen LogP contribution in [-0.2, 0) is 32.0 Å². The molecular formula is C25H31N7O5. The fourth-order valence-corrected chi connectivity index (χ4v) is 4.63. The zero-order valence-electron chi connectivity index (χ0n) is 20.4. The standard InChI is InChI=1S/C25H31N7O5/c1-14(22(33)31-20(25(36)37)10-16-12-27-13-29-16)30-23(34)21-7-4-8-32(21)24(35)18(26)9-15-11-28-19-6-3-2-5-17(15)19/h2-3,5-6,11-14,18,20-21,28H,4,7-10,26H2,1H3,(H,27,29)(H,30,34)(H,31,33)(H,36,37). The van der Waals surface area contributed by atoms with Gasteiger partial charge in [-0.2, -0.15) is 0 Å². The van der Waals surface area contributed by atoms with Crippen LogP contribution in [0.2, 0.25) is 0 Å². The summed E-state index contributed by atoms with van der Waals surface area (Å²) in [5.41, 5.74) is 8.69. The smallest absolute Gasteiger partial charge is 0.326 e. The summed E-state index contributed by atoms with van der Waals surface area (Å²) in [6.45, 7) is 1.86. The van der Waals surface area contributed by atoms with Crippen LogP contribution in [0.3, 0.4) is 0 Å². The topological polar surface area (TPSA) is 186 Å². The minimum Gasteiger partial charge on any atom is -0.480 e. The van der Waals surface area contributed by atoms with E-state index in [0.29, 0.717) is 31.5 Å². The molecule has 12 heteroatoms. The summed E-state index contributed by atoms with van der Waals surface area (Å²) >= 11 is 0. The third-order valence-corrected chi connectivity index (χ3v) is 6.62. The summed E-state index contributed by atoms with van der Waals surface area (Å²) in [7, 11) is 0. The highest BCUT2D eigenvalue weighted by Gasteiger charge is 2.37. The van der Waals surface area contributed by atoms with Gasteiger partial charge in [0.05, 0.1) is 12.4 Å². The maximum absolute atomic E-state index is 13.2. The van der Waals surface area contributed by atoms with Crippen molar-refractivity contribution in [3.05, 3.63) is 54.2 Å². The number of imidazole rings is 1. The zero-order chi connectivity index (χ0) is 26.5. The molecule has 0 aliphatic carbocycles. The quantitative estimate of drug-likeness (QED) is 0.223. The van der Waals surface area contributed by atoms with Gasteiger partial charge in [0.2, 0.25) is 17.7 Å². The van der Waals surface area contributed by atoms with Gasteiger partial charge >= 0.3 is 5.97 Å². The Bertz CT molecular complexity index is 1270. The molecule has 12 nitrogen and oxygen atoms in total. The van der Waals surface area contributed by atoms with Crippen molar-refractivity contribution in [2.45, 2.75) is 56.8 Å². The van der Waals surface area contributed by atoms with E-state index in [1.807, 2.05) is 30.5 Å². The second-order valence-electron chi connectivity index (χ2n) is 9.27. The fourth-order valence-electron chi connectivity index (χ4n) is 4.63. The largest absolute Gasteiger partial charge is 0.480 e. The first-order valence-corrected chi connectivity index (χ1v) is 12.2. The number of carbonyl (C=O) groups is 4. The van der Waals surface area contributed by atoms with Gasteiger partial charge in [0, 0.05) is 42.0 Å². The Labute approximate surface area is 213 Å². The molecule has 1 aliphatic heterocycles. The maximum Gasteiger partial charge on any atom is 0.326 e. The first-order chi connectivity index (χ1) is 17.7. The third-order valence-electron chi connectivity index (χ3n) is 6.62. The number of nitrogens with zero attached hydrogens (tertiary/aromatic N) is 2. The van der Waals surface area contributed by atoms with Crippen LogP contribution in [-0.4, -0.2) is 79.4 Å². The van der Waals surface area contributed by atoms with Gasteiger partial charge in [0.25, 0.3) is 0 Å². The van der Waals surface area contributed by atoms with Gasteiger partial charge < -0.3 is 36.3 Å². The molecule has 4 unspecified atom stereocenters. The minimum atomic E-state index is -1.21. The van der Waals surface area contributed by atoms with E-state index >= 15 is 0 Å². The highest BCUT2D eigenvalue weighted by Crippen LogP contribution is 2.22. The summed E-state index contributed by atoms with van der Waals surface area (Å²) in [6, 6.07) is 3.96. The number of nitrogens with two attached hydrogens (primary N) is 1. The van der Waals surface area contributed by atoms with Crippen LogP contribution in [0.15, 0.2) is 43.0 Å². The Hall–Kier alpha value is -4.19. The Morgan fingerprint density at radius 3 is 2.70 bits per heavy atom. The van der Waals surface area contributed by atoms with E-state index in [1.54, 1.807) is 0 Å². The average Bonchev–Trinajstić information content (AvgIpc) is 3.64. The van der Waals surface area contributed by atoms with Crippen LogP contribution >= 0.6 is 0 Å². The molecule has 3 heterocycles. The number of aromatic nitrogens is 3. The highest BCUT2D eigenvalue weighted by atomic mass is 16.4. The highest BCUT2D eigenvalue weighted by molar-refractivity contribution is 5.94. The molecule has 0 bridgehead atoms. The molecule has 2 aromatic heterocycles. The SMILES string of the molecule is CC(NC(=O)C1CCCN1C(=O)C(N)Cc1c[nH]c2ccccc12)C(=O)NC(Cc1cnc[nH]1)C(=O)O. The normalized spacial score (nSPS) is 17.8. The summed E-state index contributed by atoms with van der Waals surface area (Å²) in [5.74, 6) is -2.66. The van der Waals surface area contributed by atoms with Gasteiger partial charge in [-0.05, 0) is 37.8 Å². The molecule has 4 atom stereocenters. The van der Waals surface area contributed by atoms with E-state index in [0.717, 1.165) is 16.5 Å². The van der Waals surface area contributed by atoms with Crippen molar-refractivity contribution in [2.75, 3.05) is 6.54 Å². The van der Waals surface area contributed by atoms with Crippen molar-refractivity contribution in [1.82, 2.24) is 30.5 Å². The van der Waals surface area contributed by atoms with Crippen LogP contribution in [0.5, 0.6) is 0 Å². The lowest BCUT2D eigenvalue weighted by atomic mass is 10.0. The second kappa shape index (κ2) is 11.2. The lowest BCUT2D eigenvalue weighted by molar-refractivity contribution is -0.143. The van der Waals surface area contributed by atoms with Crippen molar-refractivity contribution >= 4 is 34.6 Å². The van der Waals surface area contributed by atoms with Gasteiger partial charge in [-0.15, -0.1) is 0 Å². The molecule has 37 heavy (non-hydrogen) atoms. The first kappa shape index (κ1) is 25.9. The predicted molar refractivity (Wildman–Crippen MR) is 134 cm³/mol. The van der Waals surface area contributed by atoms with E-state index in [-0.39, 0.29) is 12.3 Å². The molecule has 1 fully saturated rings. The number of hydrogen-bond donors (Lipinski definition) is 6. The second-order valence-corrected chi connectivity index (χ2v) is 9.27. The summed E-state index contributed by atoms with van der Waals surface area (Å²) in [6.07, 6.45) is 6.14. The molecule has 0 radical (unpaired) electrons. The number of hydrogen-bond acceptors (Lipinski definition) is 6. The molecule has 1 aromatic carbocycles. The van der Waals surface area contributed by atoms with E-state index in [1.165, 1.54) is 24.3 Å². The monoisotopic (exact) mass is 509 g/mol. The van der Waals surface area contributed by atoms with E-state index in [2.05, 4.69) is 25.6 Å². The number of aliphatic carboxylic acids is 1. The molecule has 1 aliphatic rings. The molecule has 3 aromatic rings. The molecule has 0 spiro atoms. The number of rotatable bonds is 10. The van der Waals surface area contributed by atoms with Gasteiger partial charge in [0.1, 0.15) is 18.1 Å². The van der Waals surface area contributed by atoms with Gasteiger partial charge in [0.15, 0.2) is 0 Å². The number of benzene rings is 1. The first-order valence-electron chi connectivity index (χ1n) is 12.2. The number of carboxylic acids is 1.